The second-order valence-electron chi connectivity index (χ2n) is 8.03. The molecular weight excluding hydrogens is 406 g/mol. The highest BCUT2D eigenvalue weighted by Crippen LogP contribution is 2.35. The number of ether oxygens (including phenoxy) is 2. The van der Waals surface area contributed by atoms with Crippen molar-refractivity contribution in [3.63, 3.8) is 0 Å². The summed E-state index contributed by atoms with van der Waals surface area (Å²) in [5, 5.41) is 3.30. The number of halogens is 1. The van der Waals surface area contributed by atoms with Crippen molar-refractivity contribution in [2.75, 3.05) is 52.3 Å². The smallest absolute Gasteiger partial charge is 0.238 e. The van der Waals surface area contributed by atoms with E-state index in [1.807, 2.05) is 0 Å². The van der Waals surface area contributed by atoms with E-state index in [4.69, 9.17) is 21.1 Å². The van der Waals surface area contributed by atoms with E-state index < -0.39 is 0 Å². The molecule has 0 aromatic heterocycles. The zero-order valence-corrected chi connectivity index (χ0v) is 18.7. The van der Waals surface area contributed by atoms with Crippen molar-refractivity contribution in [3.8, 4) is 11.5 Å². The highest BCUT2D eigenvalue weighted by Gasteiger charge is 2.29. The summed E-state index contributed by atoms with van der Waals surface area (Å²) in [6.45, 7) is 3.57. The first-order valence-electron chi connectivity index (χ1n) is 10.7. The SMILES string of the molecule is COc1cc(NC(=O)CN2CCC(C(=O)N3CCCCCC3)CC2)c(OC)cc1Cl. The molecule has 0 atom stereocenters. The van der Waals surface area contributed by atoms with Crippen LogP contribution in [0.1, 0.15) is 38.5 Å². The molecule has 2 heterocycles. The molecule has 0 unspecified atom stereocenters. The Morgan fingerprint density at radius 3 is 2.23 bits per heavy atom. The van der Waals surface area contributed by atoms with Gasteiger partial charge in [-0.15, -0.1) is 0 Å². The summed E-state index contributed by atoms with van der Waals surface area (Å²) in [4.78, 5) is 29.6. The van der Waals surface area contributed by atoms with Crippen molar-refractivity contribution in [1.29, 1.82) is 0 Å². The van der Waals surface area contributed by atoms with Gasteiger partial charge in [-0.3, -0.25) is 14.5 Å². The number of rotatable bonds is 6. The summed E-state index contributed by atoms with van der Waals surface area (Å²) in [6, 6.07) is 3.28. The highest BCUT2D eigenvalue weighted by molar-refractivity contribution is 6.32. The average molecular weight is 438 g/mol. The lowest BCUT2D eigenvalue weighted by atomic mass is 9.95. The Labute approximate surface area is 183 Å². The number of piperidine rings is 1. The van der Waals surface area contributed by atoms with Crippen molar-refractivity contribution in [3.05, 3.63) is 17.2 Å². The number of carbonyl (C=O) groups is 2. The fourth-order valence-electron chi connectivity index (χ4n) is 4.24. The van der Waals surface area contributed by atoms with Crippen LogP contribution in [-0.4, -0.2) is 68.6 Å². The van der Waals surface area contributed by atoms with E-state index in [-0.39, 0.29) is 18.4 Å². The first kappa shape index (κ1) is 22.7. The van der Waals surface area contributed by atoms with Gasteiger partial charge in [0.05, 0.1) is 31.5 Å². The molecule has 0 saturated carbocycles. The molecule has 166 valence electrons. The summed E-state index contributed by atoms with van der Waals surface area (Å²) < 4.78 is 10.5. The maximum absolute atomic E-state index is 12.8. The van der Waals surface area contributed by atoms with Gasteiger partial charge < -0.3 is 19.7 Å². The van der Waals surface area contributed by atoms with Gasteiger partial charge in [0.15, 0.2) is 0 Å². The maximum atomic E-state index is 12.8. The summed E-state index contributed by atoms with van der Waals surface area (Å²) in [6.07, 6.45) is 6.29. The lowest BCUT2D eigenvalue weighted by Gasteiger charge is -2.33. The Hall–Kier alpha value is -1.99. The minimum absolute atomic E-state index is 0.0861. The minimum atomic E-state index is -0.130. The molecule has 0 spiro atoms. The molecule has 2 amide bonds. The first-order valence-corrected chi connectivity index (χ1v) is 11.1. The number of anilines is 1. The predicted molar refractivity (Wildman–Crippen MR) is 117 cm³/mol. The standard InChI is InChI=1S/C22H32ClN3O4/c1-29-19-14-18(20(30-2)13-17(19)23)24-21(27)15-25-11-7-16(8-12-25)22(28)26-9-5-3-4-6-10-26/h13-14,16H,3-12,15H2,1-2H3,(H,24,27). The Kier molecular flexibility index (Phi) is 8.22. The van der Waals surface area contributed by atoms with E-state index in [1.165, 1.54) is 27.1 Å². The quantitative estimate of drug-likeness (QED) is 0.738. The molecule has 1 aromatic carbocycles. The van der Waals surface area contributed by atoms with Gasteiger partial charge in [0.1, 0.15) is 11.5 Å². The van der Waals surface area contributed by atoms with Crippen molar-refractivity contribution >= 4 is 29.1 Å². The third-order valence-electron chi connectivity index (χ3n) is 5.97. The number of hydrogen-bond donors (Lipinski definition) is 1. The van der Waals surface area contributed by atoms with Crippen LogP contribution in [0.4, 0.5) is 5.69 Å². The van der Waals surface area contributed by atoms with E-state index in [1.54, 1.807) is 12.1 Å². The third-order valence-corrected chi connectivity index (χ3v) is 6.27. The molecule has 8 heteroatoms. The van der Waals surface area contributed by atoms with E-state index in [9.17, 15) is 9.59 Å². The highest BCUT2D eigenvalue weighted by atomic mass is 35.5. The lowest BCUT2D eigenvalue weighted by Crippen LogP contribution is -2.44. The van der Waals surface area contributed by atoms with Gasteiger partial charge >= 0.3 is 0 Å². The summed E-state index contributed by atoms with van der Waals surface area (Å²) >= 11 is 6.12. The van der Waals surface area contributed by atoms with Gasteiger partial charge in [0.2, 0.25) is 11.8 Å². The fourth-order valence-corrected chi connectivity index (χ4v) is 4.47. The number of nitrogens with zero attached hydrogens (tertiary/aromatic N) is 2. The van der Waals surface area contributed by atoms with Crippen LogP contribution in [0.5, 0.6) is 11.5 Å². The third kappa shape index (κ3) is 5.79. The number of likely N-dealkylation sites (tertiary alicyclic amines) is 2. The molecule has 0 radical (unpaired) electrons. The zero-order chi connectivity index (χ0) is 21.5. The number of hydrogen-bond acceptors (Lipinski definition) is 5. The molecule has 2 fully saturated rings. The van der Waals surface area contributed by atoms with Crippen LogP contribution >= 0.6 is 11.6 Å². The second-order valence-corrected chi connectivity index (χ2v) is 8.43. The monoisotopic (exact) mass is 437 g/mol. The number of methoxy groups -OCH3 is 2. The average Bonchev–Trinajstić information content (AvgIpc) is 3.04. The van der Waals surface area contributed by atoms with Crippen LogP contribution in [0.2, 0.25) is 5.02 Å². The van der Waals surface area contributed by atoms with Gasteiger partial charge in [0, 0.05) is 31.1 Å². The van der Waals surface area contributed by atoms with Crippen LogP contribution in [0, 0.1) is 5.92 Å². The predicted octanol–water partition coefficient (Wildman–Crippen LogP) is 3.41. The minimum Gasteiger partial charge on any atom is -0.495 e. The topological polar surface area (TPSA) is 71.1 Å². The zero-order valence-electron chi connectivity index (χ0n) is 17.9. The molecule has 3 rings (SSSR count). The fraction of sp³-hybridized carbons (Fsp3) is 0.636. The molecule has 0 aliphatic carbocycles. The number of amides is 2. The molecule has 2 aliphatic heterocycles. The Morgan fingerprint density at radius 2 is 1.63 bits per heavy atom. The van der Waals surface area contributed by atoms with E-state index in [2.05, 4.69) is 15.1 Å². The van der Waals surface area contributed by atoms with Crippen molar-refractivity contribution < 1.29 is 19.1 Å². The molecule has 2 saturated heterocycles. The maximum Gasteiger partial charge on any atom is 0.238 e. The van der Waals surface area contributed by atoms with Crippen LogP contribution in [-0.2, 0) is 9.59 Å². The Balaban J connectivity index is 1.50. The molecule has 30 heavy (non-hydrogen) atoms. The molecular formula is C22H32ClN3O4. The van der Waals surface area contributed by atoms with Gasteiger partial charge in [-0.25, -0.2) is 0 Å². The molecule has 1 N–H and O–H groups in total. The van der Waals surface area contributed by atoms with Crippen LogP contribution in [0.15, 0.2) is 12.1 Å². The Bertz CT molecular complexity index is 742. The van der Waals surface area contributed by atoms with Gasteiger partial charge in [0.25, 0.3) is 0 Å². The van der Waals surface area contributed by atoms with Gasteiger partial charge in [-0.05, 0) is 38.8 Å². The lowest BCUT2D eigenvalue weighted by molar-refractivity contribution is -0.137. The molecule has 2 aliphatic rings. The van der Waals surface area contributed by atoms with E-state index >= 15 is 0 Å². The normalized spacial score (nSPS) is 18.6. The van der Waals surface area contributed by atoms with Gasteiger partial charge in [-0.1, -0.05) is 24.4 Å². The van der Waals surface area contributed by atoms with Crippen LogP contribution < -0.4 is 14.8 Å². The Morgan fingerprint density at radius 1 is 1.00 bits per heavy atom. The van der Waals surface area contributed by atoms with Crippen LogP contribution in [0.3, 0.4) is 0 Å². The molecule has 7 nitrogen and oxygen atoms in total. The van der Waals surface area contributed by atoms with Gasteiger partial charge in [-0.2, -0.15) is 0 Å². The summed E-state index contributed by atoms with van der Waals surface area (Å²) in [5.41, 5.74) is 0.523. The summed E-state index contributed by atoms with van der Waals surface area (Å²) in [7, 11) is 3.05. The van der Waals surface area contributed by atoms with E-state index in [0.29, 0.717) is 28.1 Å². The van der Waals surface area contributed by atoms with Crippen molar-refractivity contribution in [1.82, 2.24) is 9.80 Å². The second kappa shape index (κ2) is 10.9. The van der Waals surface area contributed by atoms with Crippen molar-refractivity contribution in [2.45, 2.75) is 38.5 Å². The number of nitrogens with one attached hydrogen (secondary N) is 1. The largest absolute Gasteiger partial charge is 0.495 e. The van der Waals surface area contributed by atoms with E-state index in [0.717, 1.165) is 51.9 Å². The molecule has 0 bridgehead atoms. The first-order chi connectivity index (χ1) is 14.5. The molecule has 1 aromatic rings. The summed E-state index contributed by atoms with van der Waals surface area (Å²) in [5.74, 6) is 1.22. The van der Waals surface area contributed by atoms with Crippen molar-refractivity contribution in [2.24, 2.45) is 5.92 Å². The van der Waals surface area contributed by atoms with Crippen LogP contribution in [0.25, 0.3) is 0 Å². The number of carbonyl (C=O) groups excluding carboxylic acids is 2. The number of benzene rings is 1.